The Bertz CT molecular complexity index is 469. The number of nitrogens with zero attached hydrogens (tertiary/aromatic N) is 4. The molecule has 0 spiro atoms. The zero-order chi connectivity index (χ0) is 14.1. The lowest BCUT2D eigenvalue weighted by molar-refractivity contribution is 0.0441. The average Bonchev–Trinajstić information content (AvgIpc) is 3.18. The van der Waals surface area contributed by atoms with Crippen molar-refractivity contribution in [3.8, 4) is 0 Å². The van der Waals surface area contributed by atoms with Gasteiger partial charge in [-0.05, 0) is 32.2 Å². The SMILES string of the molecule is C1CCC(c2nc(CN3CCN4CCCC[C@@H]4C3)no2)C1. The van der Waals surface area contributed by atoms with Gasteiger partial charge in [-0.25, -0.2) is 0 Å². The Morgan fingerprint density at radius 3 is 2.76 bits per heavy atom. The number of fused-ring (bicyclic) bond motifs is 1. The van der Waals surface area contributed by atoms with Gasteiger partial charge in [-0.15, -0.1) is 0 Å². The van der Waals surface area contributed by atoms with Gasteiger partial charge in [-0.1, -0.05) is 24.4 Å². The highest BCUT2D eigenvalue weighted by Gasteiger charge is 2.30. The van der Waals surface area contributed by atoms with Crippen LogP contribution in [0.3, 0.4) is 0 Å². The molecule has 2 aliphatic heterocycles. The summed E-state index contributed by atoms with van der Waals surface area (Å²) < 4.78 is 5.50. The second-order valence-corrected chi connectivity index (χ2v) is 6.95. The van der Waals surface area contributed by atoms with Gasteiger partial charge in [0.1, 0.15) is 0 Å². The van der Waals surface area contributed by atoms with E-state index in [0.717, 1.165) is 30.8 Å². The van der Waals surface area contributed by atoms with Crippen molar-refractivity contribution in [2.75, 3.05) is 26.2 Å². The summed E-state index contributed by atoms with van der Waals surface area (Å²) in [5, 5.41) is 4.22. The predicted octanol–water partition coefficient (Wildman–Crippen LogP) is 2.40. The highest BCUT2D eigenvalue weighted by Crippen LogP contribution is 2.33. The number of aromatic nitrogens is 2. The molecule has 4 rings (SSSR count). The minimum absolute atomic E-state index is 0.529. The second-order valence-electron chi connectivity index (χ2n) is 6.95. The van der Waals surface area contributed by atoms with Crippen molar-refractivity contribution >= 4 is 0 Å². The van der Waals surface area contributed by atoms with Gasteiger partial charge in [0, 0.05) is 31.6 Å². The fourth-order valence-corrected chi connectivity index (χ4v) is 4.23. The maximum absolute atomic E-state index is 5.50. The molecule has 0 radical (unpaired) electrons. The van der Waals surface area contributed by atoms with E-state index in [1.54, 1.807) is 0 Å². The Morgan fingerprint density at radius 2 is 1.86 bits per heavy atom. The summed E-state index contributed by atoms with van der Waals surface area (Å²) >= 11 is 0. The molecule has 21 heavy (non-hydrogen) atoms. The number of rotatable bonds is 3. The molecule has 0 unspecified atom stereocenters. The van der Waals surface area contributed by atoms with Gasteiger partial charge in [-0.3, -0.25) is 9.80 Å². The third-order valence-corrected chi connectivity index (χ3v) is 5.47. The van der Waals surface area contributed by atoms with Crippen LogP contribution in [-0.2, 0) is 6.54 Å². The first-order chi connectivity index (χ1) is 10.4. The molecule has 1 aromatic heterocycles. The molecule has 116 valence electrons. The van der Waals surface area contributed by atoms with Crippen molar-refractivity contribution in [3.63, 3.8) is 0 Å². The molecule has 1 atom stereocenters. The minimum Gasteiger partial charge on any atom is -0.339 e. The van der Waals surface area contributed by atoms with Crippen LogP contribution < -0.4 is 0 Å². The Labute approximate surface area is 126 Å². The van der Waals surface area contributed by atoms with Crippen LogP contribution in [0.2, 0.25) is 0 Å². The van der Waals surface area contributed by atoms with Crippen LogP contribution in [0, 0.1) is 0 Å². The molecule has 0 aromatic carbocycles. The van der Waals surface area contributed by atoms with Gasteiger partial charge in [0.15, 0.2) is 5.82 Å². The number of hydrogen-bond acceptors (Lipinski definition) is 5. The van der Waals surface area contributed by atoms with Gasteiger partial charge >= 0.3 is 0 Å². The molecule has 0 amide bonds. The molecule has 1 aromatic rings. The van der Waals surface area contributed by atoms with Crippen molar-refractivity contribution in [2.45, 2.75) is 63.5 Å². The number of piperazine rings is 1. The molecule has 3 heterocycles. The molecule has 0 bridgehead atoms. The van der Waals surface area contributed by atoms with Crippen LogP contribution in [0.25, 0.3) is 0 Å². The largest absolute Gasteiger partial charge is 0.339 e. The highest BCUT2D eigenvalue weighted by molar-refractivity contribution is 4.97. The van der Waals surface area contributed by atoms with E-state index in [2.05, 4.69) is 19.9 Å². The first kappa shape index (κ1) is 13.7. The van der Waals surface area contributed by atoms with Gasteiger partial charge in [0.2, 0.25) is 5.89 Å². The summed E-state index contributed by atoms with van der Waals surface area (Å²) in [5.74, 6) is 2.31. The lowest BCUT2D eigenvalue weighted by Gasteiger charge is -2.43. The molecular weight excluding hydrogens is 264 g/mol. The fourth-order valence-electron chi connectivity index (χ4n) is 4.23. The van der Waals surface area contributed by atoms with Crippen LogP contribution in [0.15, 0.2) is 4.52 Å². The predicted molar refractivity (Wildman–Crippen MR) is 80.0 cm³/mol. The number of piperidine rings is 1. The summed E-state index contributed by atoms with van der Waals surface area (Å²) in [5.41, 5.74) is 0. The van der Waals surface area contributed by atoms with Crippen molar-refractivity contribution in [1.82, 2.24) is 19.9 Å². The molecule has 3 fully saturated rings. The normalized spacial score (nSPS) is 28.9. The molecular formula is C16H26N4O. The quantitative estimate of drug-likeness (QED) is 0.855. The zero-order valence-corrected chi connectivity index (χ0v) is 12.8. The van der Waals surface area contributed by atoms with E-state index in [1.807, 2.05) is 0 Å². The van der Waals surface area contributed by atoms with Gasteiger partial charge in [0.25, 0.3) is 0 Å². The van der Waals surface area contributed by atoms with E-state index < -0.39 is 0 Å². The van der Waals surface area contributed by atoms with Crippen molar-refractivity contribution in [2.24, 2.45) is 0 Å². The molecule has 1 saturated carbocycles. The summed E-state index contributed by atoms with van der Waals surface area (Å²) in [6.07, 6.45) is 9.20. The van der Waals surface area contributed by atoms with Gasteiger partial charge in [-0.2, -0.15) is 4.98 Å². The lowest BCUT2D eigenvalue weighted by Crippen LogP contribution is -2.54. The minimum atomic E-state index is 0.529. The van der Waals surface area contributed by atoms with Crippen molar-refractivity contribution in [3.05, 3.63) is 11.7 Å². The Kier molecular flexibility index (Phi) is 3.95. The van der Waals surface area contributed by atoms with Crippen LogP contribution in [0.4, 0.5) is 0 Å². The van der Waals surface area contributed by atoms with E-state index in [4.69, 9.17) is 4.52 Å². The van der Waals surface area contributed by atoms with Crippen LogP contribution in [0.1, 0.15) is 62.6 Å². The third-order valence-electron chi connectivity index (χ3n) is 5.47. The van der Waals surface area contributed by atoms with Crippen molar-refractivity contribution < 1.29 is 4.52 Å². The lowest BCUT2D eigenvalue weighted by atomic mass is 9.99. The molecule has 5 heteroatoms. The maximum atomic E-state index is 5.50. The third kappa shape index (κ3) is 2.99. The topological polar surface area (TPSA) is 45.4 Å². The van der Waals surface area contributed by atoms with Crippen LogP contribution >= 0.6 is 0 Å². The van der Waals surface area contributed by atoms with Gasteiger partial charge < -0.3 is 4.52 Å². The summed E-state index contributed by atoms with van der Waals surface area (Å²) in [4.78, 5) is 9.83. The summed E-state index contributed by atoms with van der Waals surface area (Å²) in [6, 6.07) is 0.758. The zero-order valence-electron chi connectivity index (χ0n) is 12.8. The Balaban J connectivity index is 1.35. The molecule has 2 saturated heterocycles. The maximum Gasteiger partial charge on any atom is 0.229 e. The second kappa shape index (κ2) is 6.05. The van der Waals surface area contributed by atoms with Gasteiger partial charge in [0.05, 0.1) is 6.54 Å². The number of hydrogen-bond donors (Lipinski definition) is 0. The fraction of sp³-hybridized carbons (Fsp3) is 0.875. The molecule has 0 N–H and O–H groups in total. The molecule has 1 aliphatic carbocycles. The van der Waals surface area contributed by atoms with E-state index >= 15 is 0 Å². The van der Waals surface area contributed by atoms with E-state index in [0.29, 0.717) is 5.92 Å². The standard InChI is InChI=1S/C16H26N4O/c1-2-6-13(5-1)16-17-15(18-21-16)12-19-9-10-20-8-4-3-7-14(20)11-19/h13-14H,1-12H2/t14-/m1/s1. The Hall–Kier alpha value is -0.940. The van der Waals surface area contributed by atoms with Crippen molar-refractivity contribution in [1.29, 1.82) is 0 Å². The smallest absolute Gasteiger partial charge is 0.229 e. The average molecular weight is 290 g/mol. The van der Waals surface area contributed by atoms with E-state index in [1.165, 1.54) is 64.6 Å². The van der Waals surface area contributed by atoms with Crippen LogP contribution in [0.5, 0.6) is 0 Å². The summed E-state index contributed by atoms with van der Waals surface area (Å²) in [7, 11) is 0. The molecule has 5 nitrogen and oxygen atoms in total. The monoisotopic (exact) mass is 290 g/mol. The Morgan fingerprint density at radius 1 is 1.00 bits per heavy atom. The van der Waals surface area contributed by atoms with E-state index in [9.17, 15) is 0 Å². The van der Waals surface area contributed by atoms with Crippen LogP contribution in [-0.4, -0.2) is 52.2 Å². The summed E-state index contributed by atoms with van der Waals surface area (Å²) in [6.45, 7) is 5.68. The highest BCUT2D eigenvalue weighted by atomic mass is 16.5. The van der Waals surface area contributed by atoms with E-state index in [-0.39, 0.29) is 0 Å². The molecule has 3 aliphatic rings. The first-order valence-electron chi connectivity index (χ1n) is 8.67. The first-order valence-corrected chi connectivity index (χ1v) is 8.67.